The lowest BCUT2D eigenvalue weighted by atomic mass is 9.83. The summed E-state index contributed by atoms with van der Waals surface area (Å²) in [4.78, 5) is 17.0. The lowest BCUT2D eigenvalue weighted by Crippen LogP contribution is -2.40. The van der Waals surface area contributed by atoms with E-state index in [1.807, 2.05) is 0 Å². The molecule has 1 amide bonds. The Morgan fingerprint density at radius 3 is 2.70 bits per heavy atom. The number of carbonyl (C=O) groups is 1. The number of nitrogen functional groups attached to an aromatic ring is 1. The van der Waals surface area contributed by atoms with E-state index in [0.29, 0.717) is 21.7 Å². The zero-order chi connectivity index (χ0) is 14.5. The molecule has 1 heterocycles. The van der Waals surface area contributed by atoms with Crippen LogP contribution in [0.3, 0.4) is 0 Å². The van der Waals surface area contributed by atoms with Crippen molar-refractivity contribution < 1.29 is 4.79 Å². The minimum Gasteiger partial charge on any atom is -0.382 e. The van der Waals surface area contributed by atoms with Gasteiger partial charge in [0, 0.05) is 13.1 Å². The number of carbonyl (C=O) groups excluding carboxylic acids is 1. The van der Waals surface area contributed by atoms with Crippen LogP contribution in [-0.2, 0) is 0 Å². The van der Waals surface area contributed by atoms with Gasteiger partial charge in [-0.2, -0.15) is 0 Å². The van der Waals surface area contributed by atoms with Gasteiger partial charge in [0.2, 0.25) is 0 Å². The number of nitrogens with two attached hydrogens (primary N) is 1. The van der Waals surface area contributed by atoms with Gasteiger partial charge in [-0.1, -0.05) is 37.5 Å². The SMILES string of the molecule is CCC(NC(=O)c1sc(NC)nc1N)C1CCCCC1. The number of nitrogens with zero attached hydrogens (tertiary/aromatic N) is 1. The highest BCUT2D eigenvalue weighted by Crippen LogP contribution is 2.29. The number of aromatic nitrogens is 1. The summed E-state index contributed by atoms with van der Waals surface area (Å²) in [6.45, 7) is 2.13. The normalized spacial score (nSPS) is 17.7. The first-order valence-corrected chi connectivity index (χ1v) is 8.22. The van der Waals surface area contributed by atoms with Crippen LogP contribution >= 0.6 is 11.3 Å². The van der Waals surface area contributed by atoms with Crippen LogP contribution in [0.4, 0.5) is 10.9 Å². The van der Waals surface area contributed by atoms with Crippen LogP contribution in [0.2, 0.25) is 0 Å². The first-order valence-electron chi connectivity index (χ1n) is 7.40. The zero-order valence-electron chi connectivity index (χ0n) is 12.2. The molecule has 6 heteroatoms. The molecule has 112 valence electrons. The molecule has 1 aliphatic rings. The predicted octanol–water partition coefficient (Wildman–Crippen LogP) is 2.86. The lowest BCUT2D eigenvalue weighted by molar-refractivity contribution is 0.0916. The molecular weight excluding hydrogens is 272 g/mol. The Balaban J connectivity index is 2.02. The van der Waals surface area contributed by atoms with E-state index in [2.05, 4.69) is 22.5 Å². The average molecular weight is 296 g/mol. The number of anilines is 2. The highest BCUT2D eigenvalue weighted by molar-refractivity contribution is 7.18. The van der Waals surface area contributed by atoms with E-state index in [4.69, 9.17) is 5.73 Å². The van der Waals surface area contributed by atoms with Gasteiger partial charge >= 0.3 is 0 Å². The predicted molar refractivity (Wildman–Crippen MR) is 84.2 cm³/mol. The fraction of sp³-hybridized carbons (Fsp3) is 0.714. The van der Waals surface area contributed by atoms with Crippen molar-refractivity contribution in [1.82, 2.24) is 10.3 Å². The molecule has 0 saturated heterocycles. The van der Waals surface area contributed by atoms with E-state index in [-0.39, 0.29) is 11.9 Å². The summed E-state index contributed by atoms with van der Waals surface area (Å²) in [7, 11) is 1.77. The van der Waals surface area contributed by atoms with E-state index in [1.165, 1.54) is 43.4 Å². The average Bonchev–Trinajstić information content (AvgIpc) is 2.86. The number of hydrogen-bond acceptors (Lipinski definition) is 5. The first kappa shape index (κ1) is 15.1. The van der Waals surface area contributed by atoms with Crippen molar-refractivity contribution in [3.63, 3.8) is 0 Å². The topological polar surface area (TPSA) is 80.0 Å². The van der Waals surface area contributed by atoms with E-state index in [1.54, 1.807) is 7.05 Å². The number of nitrogens with one attached hydrogen (secondary N) is 2. The molecular formula is C14H24N4OS. The van der Waals surface area contributed by atoms with Gasteiger partial charge in [-0.25, -0.2) is 4.98 Å². The molecule has 0 bridgehead atoms. The molecule has 1 fully saturated rings. The second-order valence-corrected chi connectivity index (χ2v) is 6.37. The number of hydrogen-bond donors (Lipinski definition) is 3. The molecule has 1 unspecified atom stereocenters. The van der Waals surface area contributed by atoms with Gasteiger partial charge in [0.05, 0.1) is 0 Å². The number of rotatable bonds is 5. The fourth-order valence-corrected chi connectivity index (χ4v) is 3.67. The van der Waals surface area contributed by atoms with E-state index < -0.39 is 0 Å². The summed E-state index contributed by atoms with van der Waals surface area (Å²) >= 11 is 1.31. The lowest BCUT2D eigenvalue weighted by Gasteiger charge is -2.30. The monoisotopic (exact) mass is 296 g/mol. The molecule has 0 aliphatic heterocycles. The summed E-state index contributed by atoms with van der Waals surface area (Å²) < 4.78 is 0. The third-order valence-corrected chi connectivity index (χ3v) is 5.14. The van der Waals surface area contributed by atoms with Crippen LogP contribution < -0.4 is 16.4 Å². The van der Waals surface area contributed by atoms with Gasteiger partial charge in [0.15, 0.2) is 5.13 Å². The van der Waals surface area contributed by atoms with Gasteiger partial charge < -0.3 is 16.4 Å². The van der Waals surface area contributed by atoms with Crippen molar-refractivity contribution in [1.29, 1.82) is 0 Å². The summed E-state index contributed by atoms with van der Waals surface area (Å²) in [6.07, 6.45) is 7.30. The third-order valence-electron chi connectivity index (χ3n) is 4.05. The summed E-state index contributed by atoms with van der Waals surface area (Å²) in [5.74, 6) is 0.838. The Bertz CT molecular complexity index is 454. The summed E-state index contributed by atoms with van der Waals surface area (Å²) in [6, 6.07) is 0.252. The van der Waals surface area contributed by atoms with Crippen LogP contribution in [-0.4, -0.2) is 24.0 Å². The molecule has 1 aromatic heterocycles. The van der Waals surface area contributed by atoms with E-state index in [0.717, 1.165) is 6.42 Å². The Morgan fingerprint density at radius 1 is 1.45 bits per heavy atom. The molecule has 1 aliphatic carbocycles. The second-order valence-electron chi connectivity index (χ2n) is 5.37. The third kappa shape index (κ3) is 3.42. The smallest absolute Gasteiger partial charge is 0.265 e. The minimum atomic E-state index is -0.0843. The fourth-order valence-electron chi connectivity index (χ4n) is 2.93. The van der Waals surface area contributed by atoms with Crippen molar-refractivity contribution in [2.24, 2.45) is 5.92 Å². The van der Waals surface area contributed by atoms with Crippen LogP contribution in [0.25, 0.3) is 0 Å². The molecule has 2 rings (SSSR count). The van der Waals surface area contributed by atoms with Gasteiger partial charge in [-0.15, -0.1) is 0 Å². The van der Waals surface area contributed by atoms with Crippen molar-refractivity contribution in [3.8, 4) is 0 Å². The van der Waals surface area contributed by atoms with E-state index >= 15 is 0 Å². The van der Waals surface area contributed by atoms with Crippen LogP contribution in [0.15, 0.2) is 0 Å². The maximum absolute atomic E-state index is 12.4. The minimum absolute atomic E-state index is 0.0843. The van der Waals surface area contributed by atoms with Crippen LogP contribution in [0.5, 0.6) is 0 Å². The largest absolute Gasteiger partial charge is 0.382 e. The number of thiazole rings is 1. The highest BCUT2D eigenvalue weighted by atomic mass is 32.1. The molecule has 1 aromatic rings. The zero-order valence-corrected chi connectivity index (χ0v) is 13.1. The molecule has 20 heavy (non-hydrogen) atoms. The quantitative estimate of drug-likeness (QED) is 0.780. The number of amides is 1. The Hall–Kier alpha value is -1.30. The molecule has 0 radical (unpaired) electrons. The molecule has 4 N–H and O–H groups in total. The molecule has 0 spiro atoms. The maximum Gasteiger partial charge on any atom is 0.265 e. The van der Waals surface area contributed by atoms with Crippen molar-refractivity contribution >= 4 is 28.2 Å². The molecule has 1 saturated carbocycles. The van der Waals surface area contributed by atoms with Gasteiger partial charge in [-0.05, 0) is 25.2 Å². The Kier molecular flexibility index (Phi) is 5.23. The first-order chi connectivity index (χ1) is 9.65. The van der Waals surface area contributed by atoms with Crippen LogP contribution in [0, 0.1) is 5.92 Å². The van der Waals surface area contributed by atoms with Crippen molar-refractivity contribution in [2.45, 2.75) is 51.5 Å². The van der Waals surface area contributed by atoms with Gasteiger partial charge in [0.25, 0.3) is 5.91 Å². The molecule has 5 nitrogen and oxygen atoms in total. The highest BCUT2D eigenvalue weighted by Gasteiger charge is 2.25. The van der Waals surface area contributed by atoms with Gasteiger partial charge in [-0.3, -0.25) is 4.79 Å². The van der Waals surface area contributed by atoms with Crippen LogP contribution in [0.1, 0.15) is 55.1 Å². The standard InChI is InChI=1S/C14H24N4OS/c1-3-10(9-7-5-4-6-8-9)17-13(19)11-12(15)18-14(16-2)20-11/h9-10H,3-8,15H2,1-2H3,(H,16,18)(H,17,19). The van der Waals surface area contributed by atoms with Crippen molar-refractivity contribution in [3.05, 3.63) is 4.88 Å². The maximum atomic E-state index is 12.4. The van der Waals surface area contributed by atoms with E-state index in [9.17, 15) is 4.79 Å². The second kappa shape index (κ2) is 6.92. The Labute approximate surface area is 124 Å². The van der Waals surface area contributed by atoms with Gasteiger partial charge in [0.1, 0.15) is 10.7 Å². The molecule has 1 atom stereocenters. The molecule has 0 aromatic carbocycles. The van der Waals surface area contributed by atoms with Crippen molar-refractivity contribution in [2.75, 3.05) is 18.1 Å². The summed E-state index contributed by atoms with van der Waals surface area (Å²) in [5, 5.41) is 6.75. The Morgan fingerprint density at radius 2 is 2.15 bits per heavy atom. The summed E-state index contributed by atoms with van der Waals surface area (Å²) in [5.41, 5.74) is 5.81.